The van der Waals surface area contributed by atoms with E-state index < -0.39 is 0 Å². The maximum Gasteiger partial charge on any atom is 0.279 e. The third-order valence-electron chi connectivity index (χ3n) is 4.38. The van der Waals surface area contributed by atoms with Crippen molar-refractivity contribution in [2.75, 3.05) is 51.1 Å². The van der Waals surface area contributed by atoms with E-state index in [2.05, 4.69) is 10.2 Å². The van der Waals surface area contributed by atoms with Crippen LogP contribution < -0.4 is 5.32 Å². The number of quaternary nitrogens is 1. The smallest absolute Gasteiger partial charge is 0.279 e. The lowest BCUT2D eigenvalue weighted by Gasteiger charge is -2.50. The molecule has 0 atom stereocenters. The van der Waals surface area contributed by atoms with Crippen molar-refractivity contribution in [1.82, 2.24) is 4.90 Å². The lowest BCUT2D eigenvalue weighted by atomic mass is 10.1. The highest BCUT2D eigenvalue weighted by atomic mass is 35.5. The van der Waals surface area contributed by atoms with Gasteiger partial charge in [0.2, 0.25) is 0 Å². The van der Waals surface area contributed by atoms with E-state index in [1.54, 1.807) is 18.2 Å². The minimum absolute atomic E-state index is 0.00431. The number of hydrogen-bond donors (Lipinski definition) is 1. The van der Waals surface area contributed by atoms with Gasteiger partial charge in [-0.25, -0.2) is 0 Å². The van der Waals surface area contributed by atoms with Crippen molar-refractivity contribution in [1.29, 1.82) is 0 Å². The number of carbonyl (C=O) groups excluding carboxylic acids is 1. The van der Waals surface area contributed by atoms with Crippen LogP contribution in [0, 0.1) is 0 Å². The van der Waals surface area contributed by atoms with Gasteiger partial charge in [0, 0.05) is 19.6 Å². The molecular weight excluding hydrogens is 297 g/mol. The fourth-order valence-corrected chi connectivity index (χ4v) is 3.56. The molecule has 1 amide bonds. The molecule has 3 fully saturated rings. The Morgan fingerprint density at radius 2 is 1.70 bits per heavy atom. The number of piperazine rings is 3. The number of amides is 1. The van der Waals surface area contributed by atoms with Gasteiger partial charge < -0.3 is 9.80 Å². The van der Waals surface area contributed by atoms with Crippen molar-refractivity contribution < 1.29 is 9.28 Å². The van der Waals surface area contributed by atoms with Crippen LogP contribution in [0.3, 0.4) is 0 Å². The number of para-hydroxylation sites is 1. The standard InChI is InChI=1S/C14H17Cl2N3O/c15-11-2-1-3-12(16)14(11)17-13(20)10-19-7-4-18(5-8-19)6-9-19/h1-3H,4-10H2/p+1. The van der Waals surface area contributed by atoms with Crippen molar-refractivity contribution in [2.45, 2.75) is 0 Å². The molecule has 3 heterocycles. The summed E-state index contributed by atoms with van der Waals surface area (Å²) >= 11 is 12.2. The summed E-state index contributed by atoms with van der Waals surface area (Å²) in [6.45, 7) is 6.98. The zero-order valence-electron chi connectivity index (χ0n) is 11.2. The summed E-state index contributed by atoms with van der Waals surface area (Å²) in [5.41, 5.74) is 0.523. The second-order valence-electron chi connectivity index (χ2n) is 5.66. The van der Waals surface area contributed by atoms with Crippen molar-refractivity contribution in [3.8, 4) is 0 Å². The van der Waals surface area contributed by atoms with E-state index in [0.717, 1.165) is 43.8 Å². The molecule has 108 valence electrons. The number of halogens is 2. The molecule has 3 aliphatic rings. The van der Waals surface area contributed by atoms with Gasteiger partial charge in [0.1, 0.15) is 0 Å². The minimum Gasteiger partial charge on any atom is -0.319 e. The largest absolute Gasteiger partial charge is 0.319 e. The van der Waals surface area contributed by atoms with E-state index in [0.29, 0.717) is 22.3 Å². The van der Waals surface area contributed by atoms with E-state index in [-0.39, 0.29) is 5.91 Å². The van der Waals surface area contributed by atoms with Gasteiger partial charge in [-0.05, 0) is 12.1 Å². The van der Waals surface area contributed by atoms with Crippen LogP contribution in [0.15, 0.2) is 18.2 Å². The average molecular weight is 315 g/mol. The second kappa shape index (κ2) is 5.53. The quantitative estimate of drug-likeness (QED) is 0.866. The first-order valence-electron chi connectivity index (χ1n) is 6.89. The molecule has 0 spiro atoms. The number of rotatable bonds is 3. The molecule has 2 bridgehead atoms. The SMILES string of the molecule is O=C(C[N+]12CCN(CC1)CC2)Nc1c(Cl)cccc1Cl. The third-order valence-corrected chi connectivity index (χ3v) is 5.01. The van der Waals surface area contributed by atoms with Crippen LogP contribution in [0.1, 0.15) is 0 Å². The molecule has 6 heteroatoms. The molecule has 3 saturated heterocycles. The van der Waals surface area contributed by atoms with E-state index in [9.17, 15) is 4.79 Å². The first kappa shape index (κ1) is 14.1. The number of carbonyl (C=O) groups is 1. The van der Waals surface area contributed by atoms with Gasteiger partial charge >= 0.3 is 0 Å². The molecule has 0 radical (unpaired) electrons. The summed E-state index contributed by atoms with van der Waals surface area (Å²) < 4.78 is 0.893. The van der Waals surface area contributed by atoms with Gasteiger partial charge in [-0.1, -0.05) is 29.3 Å². The zero-order chi connectivity index (χ0) is 14.2. The number of fused-ring (bicyclic) bond motifs is 3. The summed E-state index contributed by atoms with van der Waals surface area (Å²) in [5.74, 6) is -0.00431. The number of hydrogen-bond acceptors (Lipinski definition) is 2. The Labute approximate surface area is 128 Å². The van der Waals surface area contributed by atoms with Gasteiger partial charge in [0.25, 0.3) is 5.91 Å². The van der Waals surface area contributed by atoms with E-state index >= 15 is 0 Å². The van der Waals surface area contributed by atoms with Crippen LogP contribution >= 0.6 is 23.2 Å². The summed E-state index contributed by atoms with van der Waals surface area (Å²) in [4.78, 5) is 14.8. The Balaban J connectivity index is 1.68. The van der Waals surface area contributed by atoms with Crippen molar-refractivity contribution in [3.05, 3.63) is 28.2 Å². The first-order valence-corrected chi connectivity index (χ1v) is 7.65. The van der Waals surface area contributed by atoms with E-state index in [1.165, 1.54) is 0 Å². The number of anilines is 1. The molecule has 4 nitrogen and oxygen atoms in total. The topological polar surface area (TPSA) is 32.3 Å². The van der Waals surface area contributed by atoms with Crippen molar-refractivity contribution in [2.24, 2.45) is 0 Å². The Kier molecular flexibility index (Phi) is 3.91. The Morgan fingerprint density at radius 3 is 2.25 bits per heavy atom. The molecule has 4 rings (SSSR count). The summed E-state index contributed by atoms with van der Waals surface area (Å²) in [7, 11) is 0. The molecule has 1 aromatic carbocycles. The molecule has 1 aromatic rings. The molecule has 0 aliphatic carbocycles. The highest BCUT2D eigenvalue weighted by Gasteiger charge is 2.39. The van der Waals surface area contributed by atoms with Crippen LogP contribution in [0.5, 0.6) is 0 Å². The zero-order valence-corrected chi connectivity index (χ0v) is 12.8. The maximum atomic E-state index is 12.3. The summed E-state index contributed by atoms with van der Waals surface area (Å²) in [6, 6.07) is 5.23. The normalized spacial score (nSPS) is 28.4. The Bertz CT molecular complexity index is 493. The van der Waals surface area contributed by atoms with Crippen molar-refractivity contribution in [3.63, 3.8) is 0 Å². The average Bonchev–Trinajstić information content (AvgIpc) is 2.44. The number of nitrogens with zero attached hydrogens (tertiary/aromatic N) is 2. The summed E-state index contributed by atoms with van der Waals surface area (Å²) in [6.07, 6.45) is 0. The molecule has 1 N–H and O–H groups in total. The van der Waals surface area contributed by atoms with E-state index in [4.69, 9.17) is 23.2 Å². The van der Waals surface area contributed by atoms with Crippen LogP contribution in [0.2, 0.25) is 10.0 Å². The fourth-order valence-electron chi connectivity index (χ4n) is 3.07. The molecule has 0 unspecified atom stereocenters. The van der Waals surface area contributed by atoms with Gasteiger partial charge in [0.05, 0.1) is 35.4 Å². The predicted molar refractivity (Wildman–Crippen MR) is 81.3 cm³/mol. The monoisotopic (exact) mass is 314 g/mol. The highest BCUT2D eigenvalue weighted by molar-refractivity contribution is 6.39. The van der Waals surface area contributed by atoms with Crippen LogP contribution in [0.4, 0.5) is 5.69 Å². The molecular formula is C14H18Cl2N3O+. The van der Waals surface area contributed by atoms with Crippen LogP contribution in [-0.4, -0.2) is 61.1 Å². The number of benzene rings is 1. The van der Waals surface area contributed by atoms with Crippen molar-refractivity contribution >= 4 is 34.8 Å². The fraction of sp³-hybridized carbons (Fsp3) is 0.500. The first-order chi connectivity index (χ1) is 9.58. The van der Waals surface area contributed by atoms with E-state index in [1.807, 2.05) is 0 Å². The lowest BCUT2D eigenvalue weighted by Crippen LogP contribution is -2.68. The molecule has 0 aromatic heterocycles. The molecule has 3 aliphatic heterocycles. The number of nitrogens with one attached hydrogen (secondary N) is 1. The Morgan fingerprint density at radius 1 is 1.15 bits per heavy atom. The lowest BCUT2D eigenvalue weighted by molar-refractivity contribution is -0.933. The molecule has 20 heavy (non-hydrogen) atoms. The minimum atomic E-state index is -0.00431. The molecule has 0 saturated carbocycles. The maximum absolute atomic E-state index is 12.3. The van der Waals surface area contributed by atoms with Crippen LogP contribution in [-0.2, 0) is 4.79 Å². The highest BCUT2D eigenvalue weighted by Crippen LogP contribution is 2.30. The predicted octanol–water partition coefficient (Wildman–Crippen LogP) is 2.08. The van der Waals surface area contributed by atoms with Gasteiger partial charge in [-0.2, -0.15) is 0 Å². The third kappa shape index (κ3) is 2.79. The second-order valence-corrected chi connectivity index (χ2v) is 6.47. The van der Waals surface area contributed by atoms with Crippen LogP contribution in [0.25, 0.3) is 0 Å². The van der Waals surface area contributed by atoms with Gasteiger partial charge in [-0.3, -0.25) is 9.69 Å². The Hall–Kier alpha value is -0.810. The summed E-state index contributed by atoms with van der Waals surface area (Å²) in [5, 5.41) is 3.83. The van der Waals surface area contributed by atoms with Gasteiger partial charge in [-0.15, -0.1) is 0 Å². The van der Waals surface area contributed by atoms with Gasteiger partial charge in [0.15, 0.2) is 6.54 Å².